The molecule has 6 heteroatoms. The SMILES string of the molecule is COP(=O)([O-])N(C)C.C[N+](C)(C)C. The Morgan fingerprint density at radius 3 is 1.46 bits per heavy atom. The third-order valence-electron chi connectivity index (χ3n) is 0.721. The van der Waals surface area contributed by atoms with Crippen LogP contribution in [0.15, 0.2) is 0 Å². The van der Waals surface area contributed by atoms with E-state index < -0.39 is 7.75 Å². The van der Waals surface area contributed by atoms with Gasteiger partial charge in [0.25, 0.3) is 0 Å². The van der Waals surface area contributed by atoms with Gasteiger partial charge < -0.3 is 13.9 Å². The van der Waals surface area contributed by atoms with Crippen LogP contribution in [-0.2, 0) is 9.09 Å². The topological polar surface area (TPSA) is 52.6 Å². The van der Waals surface area contributed by atoms with E-state index in [1.807, 2.05) is 0 Å². The molecular formula is C7H21N2O3P. The molecule has 0 rings (SSSR count). The molecule has 0 aliphatic rings. The largest absolute Gasteiger partial charge is 0.766 e. The van der Waals surface area contributed by atoms with Crippen LogP contribution in [0, 0.1) is 0 Å². The zero-order valence-electron chi connectivity index (χ0n) is 9.57. The highest BCUT2D eigenvalue weighted by Gasteiger charge is 2.06. The molecule has 1 unspecified atom stereocenters. The number of nitrogens with zero attached hydrogens (tertiary/aromatic N) is 2. The standard InChI is InChI=1S/C4H12N.C3H10NO3P/c1-5(2,3)4;1-4(2)8(5,6)7-3/h1-4H3;1-3H3,(H,5,6)/q+1;/p-1. The predicted octanol–water partition coefficient (Wildman–Crippen LogP) is -0.0148. The molecular weight excluding hydrogens is 191 g/mol. The number of rotatable bonds is 2. The van der Waals surface area contributed by atoms with E-state index in [1.54, 1.807) is 0 Å². The van der Waals surface area contributed by atoms with Gasteiger partial charge >= 0.3 is 0 Å². The van der Waals surface area contributed by atoms with Crippen molar-refractivity contribution in [3.8, 4) is 0 Å². The molecule has 0 spiro atoms. The lowest BCUT2D eigenvalue weighted by Gasteiger charge is -2.26. The maximum Gasteiger partial charge on any atom is 0.206 e. The van der Waals surface area contributed by atoms with Gasteiger partial charge in [0.15, 0.2) is 0 Å². The van der Waals surface area contributed by atoms with Gasteiger partial charge in [-0.25, -0.2) is 4.67 Å². The Morgan fingerprint density at radius 1 is 1.23 bits per heavy atom. The summed E-state index contributed by atoms with van der Waals surface area (Å²) in [4.78, 5) is 10.4. The van der Waals surface area contributed by atoms with Gasteiger partial charge in [-0.05, 0) is 14.1 Å². The number of hydrogen-bond donors (Lipinski definition) is 0. The van der Waals surface area contributed by atoms with E-state index >= 15 is 0 Å². The number of hydrogen-bond acceptors (Lipinski definition) is 3. The van der Waals surface area contributed by atoms with Crippen LogP contribution in [0.25, 0.3) is 0 Å². The zero-order chi connectivity index (χ0) is 11.3. The molecule has 13 heavy (non-hydrogen) atoms. The van der Waals surface area contributed by atoms with Gasteiger partial charge in [0.1, 0.15) is 0 Å². The molecule has 0 radical (unpaired) electrons. The van der Waals surface area contributed by atoms with Gasteiger partial charge in [-0.1, -0.05) is 0 Å². The highest BCUT2D eigenvalue weighted by Crippen LogP contribution is 2.36. The van der Waals surface area contributed by atoms with Gasteiger partial charge in [-0.2, -0.15) is 0 Å². The minimum Gasteiger partial charge on any atom is -0.766 e. The summed E-state index contributed by atoms with van der Waals surface area (Å²) in [6.45, 7) is 0. The third-order valence-corrected chi connectivity index (χ3v) is 2.16. The predicted molar refractivity (Wildman–Crippen MR) is 52.3 cm³/mol. The van der Waals surface area contributed by atoms with Gasteiger partial charge in [-0.3, -0.25) is 4.57 Å². The Balaban J connectivity index is 0. The summed E-state index contributed by atoms with van der Waals surface area (Å²) >= 11 is 0. The van der Waals surface area contributed by atoms with Gasteiger partial charge in [0.05, 0.1) is 28.2 Å². The second-order valence-corrected chi connectivity index (χ2v) is 6.28. The molecule has 0 amide bonds. The fourth-order valence-corrected chi connectivity index (χ4v) is 0.490. The molecule has 1 atom stereocenters. The van der Waals surface area contributed by atoms with Crippen LogP contribution >= 0.6 is 7.75 Å². The van der Waals surface area contributed by atoms with Crippen molar-refractivity contribution in [1.29, 1.82) is 0 Å². The fourth-order valence-electron chi connectivity index (χ4n) is 0.163. The highest BCUT2D eigenvalue weighted by molar-refractivity contribution is 7.48. The average Bonchev–Trinajstić information content (AvgIpc) is 1.83. The Kier molecular flexibility index (Phi) is 6.85. The van der Waals surface area contributed by atoms with Gasteiger partial charge in [0, 0.05) is 7.11 Å². The molecule has 0 bridgehead atoms. The average molecular weight is 212 g/mol. The summed E-state index contributed by atoms with van der Waals surface area (Å²) in [5, 5.41) is 0. The molecule has 0 heterocycles. The van der Waals surface area contributed by atoms with Crippen LogP contribution in [0.2, 0.25) is 0 Å². The van der Waals surface area contributed by atoms with E-state index in [2.05, 4.69) is 32.7 Å². The van der Waals surface area contributed by atoms with E-state index in [0.717, 1.165) is 16.3 Å². The van der Waals surface area contributed by atoms with Crippen molar-refractivity contribution in [3.63, 3.8) is 0 Å². The lowest BCUT2D eigenvalue weighted by atomic mass is 10.8. The molecule has 0 saturated carbocycles. The van der Waals surface area contributed by atoms with E-state index in [-0.39, 0.29) is 0 Å². The summed E-state index contributed by atoms with van der Waals surface area (Å²) in [5.74, 6) is 0. The minimum atomic E-state index is -3.66. The van der Waals surface area contributed by atoms with Crippen molar-refractivity contribution in [3.05, 3.63) is 0 Å². The molecule has 0 aromatic rings. The van der Waals surface area contributed by atoms with E-state index in [9.17, 15) is 9.46 Å². The minimum absolute atomic E-state index is 1.00. The van der Waals surface area contributed by atoms with Crippen LogP contribution in [0.5, 0.6) is 0 Å². The molecule has 0 saturated heterocycles. The van der Waals surface area contributed by atoms with Gasteiger partial charge in [0.2, 0.25) is 7.75 Å². The Labute approximate surface area is 81.1 Å². The molecule has 0 aromatic heterocycles. The summed E-state index contributed by atoms with van der Waals surface area (Å²) in [6, 6.07) is 0. The monoisotopic (exact) mass is 212 g/mol. The molecule has 0 fully saturated rings. The molecule has 0 aliphatic heterocycles. The Bertz CT molecular complexity index is 171. The van der Waals surface area contributed by atoms with E-state index in [0.29, 0.717) is 0 Å². The van der Waals surface area contributed by atoms with Crippen molar-refractivity contribution in [2.24, 2.45) is 0 Å². The fraction of sp³-hybridized carbons (Fsp3) is 1.00. The first-order valence-corrected chi connectivity index (χ1v) is 5.33. The summed E-state index contributed by atoms with van der Waals surface area (Å²) < 4.78 is 16.6. The zero-order valence-corrected chi connectivity index (χ0v) is 10.5. The van der Waals surface area contributed by atoms with Crippen LogP contribution in [0.3, 0.4) is 0 Å². The Hall–Kier alpha value is 0.0700. The summed E-state index contributed by atoms with van der Waals surface area (Å²) in [6.07, 6.45) is 0. The third kappa shape index (κ3) is 14.9. The summed E-state index contributed by atoms with van der Waals surface area (Å²) in [7, 11) is 8.80. The van der Waals surface area contributed by atoms with Crippen molar-refractivity contribution in [2.45, 2.75) is 0 Å². The first-order chi connectivity index (χ1) is 5.50. The molecule has 0 N–H and O–H groups in total. The first kappa shape index (κ1) is 15.5. The Morgan fingerprint density at radius 2 is 1.46 bits per heavy atom. The molecule has 5 nitrogen and oxygen atoms in total. The highest BCUT2D eigenvalue weighted by atomic mass is 31.2. The van der Waals surface area contributed by atoms with Crippen molar-refractivity contribution < 1.29 is 18.5 Å². The van der Waals surface area contributed by atoms with Crippen molar-refractivity contribution in [1.82, 2.24) is 4.67 Å². The van der Waals surface area contributed by atoms with Crippen LogP contribution in [0.1, 0.15) is 0 Å². The quantitative estimate of drug-likeness (QED) is 0.477. The summed E-state index contributed by atoms with van der Waals surface area (Å²) in [5.41, 5.74) is 0. The maximum absolute atomic E-state index is 10.4. The number of quaternary nitrogens is 1. The van der Waals surface area contributed by atoms with Crippen molar-refractivity contribution >= 4 is 7.75 Å². The second kappa shape index (κ2) is 5.73. The molecule has 0 aliphatic carbocycles. The molecule has 0 aromatic carbocycles. The van der Waals surface area contributed by atoms with Crippen LogP contribution in [0.4, 0.5) is 0 Å². The molecule has 82 valence electrons. The van der Waals surface area contributed by atoms with Crippen LogP contribution in [-0.4, -0.2) is 58.5 Å². The second-order valence-electron chi connectivity index (χ2n) is 4.18. The lowest BCUT2D eigenvalue weighted by Crippen LogP contribution is -2.27. The van der Waals surface area contributed by atoms with Crippen molar-refractivity contribution in [2.75, 3.05) is 49.4 Å². The van der Waals surface area contributed by atoms with E-state index in [1.165, 1.54) is 14.1 Å². The normalized spacial score (nSPS) is 16.1. The lowest BCUT2D eigenvalue weighted by molar-refractivity contribution is -0.849. The maximum atomic E-state index is 10.4. The van der Waals surface area contributed by atoms with E-state index in [4.69, 9.17) is 0 Å². The smallest absolute Gasteiger partial charge is 0.206 e. The van der Waals surface area contributed by atoms with Gasteiger partial charge in [-0.15, -0.1) is 0 Å². The first-order valence-electron chi connectivity index (χ1n) is 3.84. The van der Waals surface area contributed by atoms with Crippen LogP contribution < -0.4 is 4.89 Å².